The van der Waals surface area contributed by atoms with Gasteiger partial charge in [0.05, 0.1) is 12.8 Å². The van der Waals surface area contributed by atoms with E-state index >= 15 is 0 Å². The van der Waals surface area contributed by atoms with Crippen molar-refractivity contribution in [3.05, 3.63) is 42.0 Å². The second-order valence-corrected chi connectivity index (χ2v) is 5.08. The molecule has 0 amide bonds. The molecule has 0 N–H and O–H groups in total. The van der Waals surface area contributed by atoms with Crippen molar-refractivity contribution in [2.75, 3.05) is 12.9 Å². The van der Waals surface area contributed by atoms with Crippen molar-refractivity contribution in [1.29, 1.82) is 0 Å². The maximum absolute atomic E-state index is 11.5. The number of thioether (sulfide) groups is 1. The number of methoxy groups -OCH3 is 1. The highest BCUT2D eigenvalue weighted by Gasteiger charge is 2.09. The van der Waals surface area contributed by atoms with E-state index in [2.05, 4.69) is 15.5 Å². The lowest BCUT2D eigenvalue weighted by atomic mass is 10.2. The summed E-state index contributed by atoms with van der Waals surface area (Å²) in [6.07, 6.45) is 2.48. The van der Waals surface area contributed by atoms with Crippen molar-refractivity contribution in [2.24, 2.45) is 0 Å². The summed E-state index contributed by atoms with van der Waals surface area (Å²) in [5, 5.41) is 12.4. The van der Waals surface area contributed by atoms with Crippen LogP contribution in [0.25, 0.3) is 5.69 Å². The highest BCUT2D eigenvalue weighted by Crippen LogP contribution is 2.19. The van der Waals surface area contributed by atoms with Gasteiger partial charge in [-0.05, 0) is 29.0 Å². The molecule has 110 valence electrons. The zero-order valence-corrected chi connectivity index (χ0v) is 12.7. The predicted octanol–water partition coefficient (Wildman–Crippen LogP) is 2.26. The zero-order chi connectivity index (χ0) is 15.1. The largest absolute Gasteiger partial charge is 0.466 e. The smallest absolute Gasteiger partial charge is 0.333 e. The Morgan fingerprint density at radius 2 is 2.14 bits per heavy atom. The second-order valence-electron chi connectivity index (χ2n) is 4.09. The molecule has 0 aliphatic rings. The standard InChI is InChI=1S/C14H16N4O2S/c1-3-11(13(19)20-2)9-10-21-14-15-16-17-18(14)12-7-5-4-6-8-12/h4-9H,3,10H2,1-2H3. The van der Waals surface area contributed by atoms with Crippen LogP contribution in [0.15, 0.2) is 47.1 Å². The van der Waals surface area contributed by atoms with Gasteiger partial charge >= 0.3 is 5.97 Å². The Morgan fingerprint density at radius 3 is 2.81 bits per heavy atom. The number of ether oxygens (including phenoxy) is 1. The maximum Gasteiger partial charge on any atom is 0.333 e. The van der Waals surface area contributed by atoms with Gasteiger partial charge in [-0.25, -0.2) is 4.79 Å². The van der Waals surface area contributed by atoms with E-state index in [-0.39, 0.29) is 5.97 Å². The van der Waals surface area contributed by atoms with Gasteiger partial charge in [-0.15, -0.1) is 5.10 Å². The number of esters is 1. The molecule has 2 rings (SSSR count). The number of nitrogens with zero attached hydrogens (tertiary/aromatic N) is 4. The zero-order valence-electron chi connectivity index (χ0n) is 11.9. The van der Waals surface area contributed by atoms with Crippen molar-refractivity contribution in [1.82, 2.24) is 20.2 Å². The SMILES string of the molecule is CCC(=CCSc1nnnn1-c1ccccc1)C(=O)OC. The summed E-state index contributed by atoms with van der Waals surface area (Å²) < 4.78 is 6.39. The Hall–Kier alpha value is -2.15. The molecule has 7 heteroatoms. The Kier molecular flexibility index (Phi) is 5.51. The first-order valence-electron chi connectivity index (χ1n) is 6.50. The minimum Gasteiger partial charge on any atom is -0.466 e. The Labute approximate surface area is 127 Å². The van der Waals surface area contributed by atoms with Crippen LogP contribution in [0.3, 0.4) is 0 Å². The van der Waals surface area contributed by atoms with Crippen LogP contribution in [0.1, 0.15) is 13.3 Å². The van der Waals surface area contributed by atoms with Crippen molar-refractivity contribution in [3.63, 3.8) is 0 Å². The molecule has 0 saturated heterocycles. The van der Waals surface area contributed by atoms with Gasteiger partial charge < -0.3 is 4.74 Å². The van der Waals surface area contributed by atoms with E-state index in [0.29, 0.717) is 22.9 Å². The number of tetrazole rings is 1. The average Bonchev–Trinajstić information content (AvgIpc) is 3.00. The Morgan fingerprint density at radius 1 is 1.38 bits per heavy atom. The van der Waals surface area contributed by atoms with Crippen LogP contribution < -0.4 is 0 Å². The second kappa shape index (κ2) is 7.58. The molecule has 21 heavy (non-hydrogen) atoms. The van der Waals surface area contributed by atoms with Gasteiger partial charge in [0.25, 0.3) is 0 Å². The summed E-state index contributed by atoms with van der Waals surface area (Å²) in [4.78, 5) is 11.5. The van der Waals surface area contributed by atoms with E-state index in [1.54, 1.807) is 4.68 Å². The number of carbonyl (C=O) groups excluding carboxylic acids is 1. The van der Waals surface area contributed by atoms with Crippen LogP contribution in [0.5, 0.6) is 0 Å². The lowest BCUT2D eigenvalue weighted by Crippen LogP contribution is -2.04. The van der Waals surface area contributed by atoms with Crippen molar-refractivity contribution < 1.29 is 9.53 Å². The first kappa shape index (κ1) is 15.2. The molecular weight excluding hydrogens is 288 g/mol. The lowest BCUT2D eigenvalue weighted by molar-refractivity contribution is -0.136. The van der Waals surface area contributed by atoms with E-state index in [1.807, 2.05) is 43.3 Å². The van der Waals surface area contributed by atoms with E-state index in [9.17, 15) is 4.79 Å². The maximum atomic E-state index is 11.5. The monoisotopic (exact) mass is 304 g/mol. The average molecular weight is 304 g/mol. The van der Waals surface area contributed by atoms with Gasteiger partial charge in [-0.3, -0.25) is 0 Å². The molecular formula is C14H16N4O2S. The Balaban J connectivity index is 2.07. The van der Waals surface area contributed by atoms with Gasteiger partial charge in [0.2, 0.25) is 5.16 Å². The third-order valence-corrected chi connectivity index (χ3v) is 3.66. The van der Waals surface area contributed by atoms with E-state index in [0.717, 1.165) is 5.69 Å². The third kappa shape index (κ3) is 3.91. The summed E-state index contributed by atoms with van der Waals surface area (Å²) in [5.74, 6) is 0.312. The molecule has 0 aliphatic carbocycles. The minimum atomic E-state index is -0.291. The van der Waals surface area contributed by atoms with E-state index in [1.165, 1.54) is 18.9 Å². The number of aromatic nitrogens is 4. The summed E-state index contributed by atoms with van der Waals surface area (Å²) in [6, 6.07) is 9.66. The van der Waals surface area contributed by atoms with Crippen LogP contribution in [-0.4, -0.2) is 39.0 Å². The highest BCUT2D eigenvalue weighted by atomic mass is 32.2. The Bertz CT molecular complexity index is 625. The minimum absolute atomic E-state index is 0.291. The van der Waals surface area contributed by atoms with E-state index in [4.69, 9.17) is 4.74 Å². The summed E-state index contributed by atoms with van der Waals surface area (Å²) in [7, 11) is 1.38. The van der Waals surface area contributed by atoms with Gasteiger partial charge in [0, 0.05) is 11.3 Å². The fraction of sp³-hybridized carbons (Fsp3) is 0.286. The highest BCUT2D eigenvalue weighted by molar-refractivity contribution is 7.99. The predicted molar refractivity (Wildman–Crippen MR) is 80.3 cm³/mol. The quantitative estimate of drug-likeness (QED) is 0.463. The van der Waals surface area contributed by atoms with Crippen molar-refractivity contribution in [3.8, 4) is 5.69 Å². The molecule has 1 heterocycles. The molecule has 0 spiro atoms. The fourth-order valence-corrected chi connectivity index (χ4v) is 2.51. The number of para-hydroxylation sites is 1. The molecule has 0 aliphatic heterocycles. The molecule has 0 radical (unpaired) electrons. The number of benzene rings is 1. The van der Waals surface area contributed by atoms with Crippen molar-refractivity contribution >= 4 is 17.7 Å². The normalized spacial score (nSPS) is 11.4. The molecule has 2 aromatic rings. The fourth-order valence-electron chi connectivity index (χ4n) is 1.72. The van der Waals surface area contributed by atoms with Gasteiger partial charge in [-0.2, -0.15) is 4.68 Å². The number of rotatable bonds is 6. The summed E-state index contributed by atoms with van der Waals surface area (Å²) >= 11 is 1.46. The molecule has 0 bridgehead atoms. The van der Waals surface area contributed by atoms with Gasteiger partial charge in [0.1, 0.15) is 0 Å². The summed E-state index contributed by atoms with van der Waals surface area (Å²) in [5.41, 5.74) is 1.56. The van der Waals surface area contributed by atoms with Crippen LogP contribution >= 0.6 is 11.8 Å². The molecule has 0 fully saturated rings. The number of hydrogen-bond donors (Lipinski definition) is 0. The topological polar surface area (TPSA) is 69.9 Å². The van der Waals surface area contributed by atoms with Crippen LogP contribution in [0.2, 0.25) is 0 Å². The summed E-state index contributed by atoms with van der Waals surface area (Å²) in [6.45, 7) is 1.92. The third-order valence-electron chi connectivity index (χ3n) is 2.81. The first-order chi connectivity index (χ1) is 10.3. The molecule has 1 aromatic carbocycles. The van der Waals surface area contributed by atoms with Crippen LogP contribution in [0, 0.1) is 0 Å². The van der Waals surface area contributed by atoms with Gasteiger partial charge in [-0.1, -0.05) is 43.0 Å². The number of hydrogen-bond acceptors (Lipinski definition) is 6. The molecule has 0 saturated carbocycles. The van der Waals surface area contributed by atoms with Crippen molar-refractivity contribution in [2.45, 2.75) is 18.5 Å². The van der Waals surface area contributed by atoms with Gasteiger partial charge in [0.15, 0.2) is 0 Å². The number of carbonyl (C=O) groups is 1. The van der Waals surface area contributed by atoms with Crippen LogP contribution in [-0.2, 0) is 9.53 Å². The first-order valence-corrected chi connectivity index (χ1v) is 7.48. The molecule has 1 aromatic heterocycles. The molecule has 0 atom stereocenters. The molecule has 0 unspecified atom stereocenters. The van der Waals surface area contributed by atoms with Crippen LogP contribution in [0.4, 0.5) is 0 Å². The molecule has 6 nitrogen and oxygen atoms in total. The van der Waals surface area contributed by atoms with E-state index < -0.39 is 0 Å². The lowest BCUT2D eigenvalue weighted by Gasteiger charge is -2.04.